The van der Waals surface area contributed by atoms with Gasteiger partial charge in [0.25, 0.3) is 0 Å². The van der Waals surface area contributed by atoms with Gasteiger partial charge in [-0.25, -0.2) is 4.79 Å². The summed E-state index contributed by atoms with van der Waals surface area (Å²) in [6.07, 6.45) is 1.45. The summed E-state index contributed by atoms with van der Waals surface area (Å²) in [6.45, 7) is 7.17. The highest BCUT2D eigenvalue weighted by Gasteiger charge is 2.55. The van der Waals surface area contributed by atoms with Crippen LogP contribution >= 0.6 is 11.3 Å². The van der Waals surface area contributed by atoms with Crippen molar-refractivity contribution in [2.45, 2.75) is 65.0 Å². The van der Waals surface area contributed by atoms with E-state index < -0.39 is 29.1 Å². The molecule has 7 heteroatoms. The van der Waals surface area contributed by atoms with E-state index in [-0.39, 0.29) is 12.4 Å². The Morgan fingerprint density at radius 2 is 2.08 bits per heavy atom. The Balaban J connectivity index is 2.44. The number of ketones is 1. The van der Waals surface area contributed by atoms with Crippen LogP contribution in [-0.4, -0.2) is 30.1 Å². The molecule has 0 aliphatic heterocycles. The number of carbonyl (C=O) groups excluding carboxylic acids is 3. The molecule has 144 valence electrons. The minimum absolute atomic E-state index is 0.177. The van der Waals surface area contributed by atoms with Crippen LogP contribution in [0.4, 0.5) is 4.79 Å². The second-order valence-electron chi connectivity index (χ2n) is 7.46. The Bertz CT molecular complexity index is 649. The molecule has 6 nitrogen and oxygen atoms in total. The van der Waals surface area contributed by atoms with E-state index in [1.165, 1.54) is 11.3 Å². The van der Waals surface area contributed by atoms with Gasteiger partial charge in [-0.1, -0.05) is 6.42 Å². The van der Waals surface area contributed by atoms with E-state index in [1.54, 1.807) is 27.7 Å². The molecular weight excluding hydrogens is 354 g/mol. The van der Waals surface area contributed by atoms with Gasteiger partial charge in [-0.2, -0.15) is 11.3 Å². The molecule has 1 aliphatic rings. The van der Waals surface area contributed by atoms with E-state index in [1.807, 2.05) is 16.8 Å². The maximum atomic E-state index is 12.9. The summed E-state index contributed by atoms with van der Waals surface area (Å²) in [6, 6.07) is 1.01. The predicted molar refractivity (Wildman–Crippen MR) is 99.0 cm³/mol. The molecule has 0 bridgehead atoms. The first-order valence-electron chi connectivity index (χ1n) is 8.93. The van der Waals surface area contributed by atoms with Crippen molar-refractivity contribution in [2.75, 3.05) is 6.61 Å². The van der Waals surface area contributed by atoms with E-state index in [0.29, 0.717) is 18.4 Å². The summed E-state index contributed by atoms with van der Waals surface area (Å²) >= 11 is 1.44. The maximum Gasteiger partial charge on any atom is 0.408 e. The van der Waals surface area contributed by atoms with Crippen molar-refractivity contribution in [3.63, 3.8) is 0 Å². The van der Waals surface area contributed by atoms with E-state index in [4.69, 9.17) is 9.47 Å². The van der Waals surface area contributed by atoms with E-state index in [9.17, 15) is 14.4 Å². The zero-order valence-electron chi connectivity index (χ0n) is 15.8. The normalized spacial score (nSPS) is 21.8. The Labute approximate surface area is 158 Å². The highest BCUT2D eigenvalue weighted by atomic mass is 32.1. The van der Waals surface area contributed by atoms with E-state index >= 15 is 0 Å². The first-order valence-corrected chi connectivity index (χ1v) is 9.87. The summed E-state index contributed by atoms with van der Waals surface area (Å²) < 4.78 is 10.6. The average molecular weight is 381 g/mol. The third kappa shape index (κ3) is 4.44. The quantitative estimate of drug-likeness (QED) is 0.616. The number of alkyl carbamates (subject to hydrolysis) is 1. The number of rotatable bonds is 5. The lowest BCUT2D eigenvalue weighted by Gasteiger charge is -2.40. The van der Waals surface area contributed by atoms with Crippen LogP contribution < -0.4 is 5.32 Å². The van der Waals surface area contributed by atoms with Crippen LogP contribution in [0.1, 0.15) is 65.0 Å². The molecule has 0 radical (unpaired) electrons. The molecule has 1 saturated carbocycles. The molecule has 1 heterocycles. The minimum atomic E-state index is -1.41. The van der Waals surface area contributed by atoms with Gasteiger partial charge in [-0.05, 0) is 62.9 Å². The average Bonchev–Trinajstić information content (AvgIpc) is 3.06. The zero-order valence-corrected chi connectivity index (χ0v) is 16.6. The molecule has 1 aromatic rings. The molecule has 26 heavy (non-hydrogen) atoms. The lowest BCUT2D eigenvalue weighted by Crippen LogP contribution is -2.53. The van der Waals surface area contributed by atoms with Gasteiger partial charge in [-0.3, -0.25) is 9.59 Å². The fraction of sp³-hybridized carbons (Fsp3) is 0.632. The molecule has 0 aromatic carbocycles. The Morgan fingerprint density at radius 1 is 1.35 bits per heavy atom. The molecule has 1 amide bonds. The van der Waals surface area contributed by atoms with Gasteiger partial charge in [0.15, 0.2) is 11.2 Å². The molecule has 0 saturated heterocycles. The van der Waals surface area contributed by atoms with Gasteiger partial charge in [0.05, 0.1) is 12.6 Å². The van der Waals surface area contributed by atoms with E-state index in [0.717, 1.165) is 12.8 Å². The number of esters is 1. The topological polar surface area (TPSA) is 81.7 Å². The highest BCUT2D eigenvalue weighted by molar-refractivity contribution is 7.08. The van der Waals surface area contributed by atoms with Crippen molar-refractivity contribution in [3.05, 3.63) is 22.4 Å². The SMILES string of the molecule is CCOC(=O)[C@]1([C@H](NC(=O)OC(C)(C)C)c2ccsc2)CCCCC1=O. The summed E-state index contributed by atoms with van der Waals surface area (Å²) in [5.41, 5.74) is -1.38. The van der Waals surface area contributed by atoms with Crippen molar-refractivity contribution in [1.29, 1.82) is 0 Å². The van der Waals surface area contributed by atoms with Crippen molar-refractivity contribution >= 4 is 29.2 Å². The van der Waals surface area contributed by atoms with Crippen LogP contribution in [0.15, 0.2) is 16.8 Å². The molecule has 2 atom stereocenters. The molecule has 1 aliphatic carbocycles. The number of Topliss-reactive ketones (excluding diaryl/α,β-unsaturated/α-hetero) is 1. The zero-order chi connectivity index (χ0) is 19.4. The molecular formula is C19H27NO5S. The number of carbonyl (C=O) groups is 3. The van der Waals surface area contributed by atoms with Crippen molar-refractivity contribution in [3.8, 4) is 0 Å². The van der Waals surface area contributed by atoms with Gasteiger partial charge in [-0.15, -0.1) is 0 Å². The lowest BCUT2D eigenvalue weighted by molar-refractivity contribution is -0.164. The third-order valence-corrected chi connectivity index (χ3v) is 5.09. The second kappa shape index (κ2) is 8.20. The largest absolute Gasteiger partial charge is 0.465 e. The number of amides is 1. The standard InChI is InChI=1S/C19H27NO5S/c1-5-24-16(22)19(10-7-6-8-14(19)21)15(13-9-11-26-12-13)20-17(23)25-18(2,3)4/h9,11-12,15H,5-8,10H2,1-4H3,(H,20,23)/t15-,19-/m1/s1. The first kappa shape index (κ1) is 20.4. The van der Waals surface area contributed by atoms with Crippen LogP contribution in [-0.2, 0) is 19.1 Å². The van der Waals surface area contributed by atoms with Gasteiger partial charge < -0.3 is 14.8 Å². The van der Waals surface area contributed by atoms with Gasteiger partial charge >= 0.3 is 12.1 Å². The number of hydrogen-bond acceptors (Lipinski definition) is 6. The van der Waals surface area contributed by atoms with E-state index in [2.05, 4.69) is 5.32 Å². The molecule has 1 fully saturated rings. The van der Waals surface area contributed by atoms with Crippen LogP contribution in [0.5, 0.6) is 0 Å². The van der Waals surface area contributed by atoms with Gasteiger partial charge in [0, 0.05) is 6.42 Å². The van der Waals surface area contributed by atoms with Crippen LogP contribution in [0.3, 0.4) is 0 Å². The fourth-order valence-corrected chi connectivity index (χ4v) is 3.99. The first-order chi connectivity index (χ1) is 12.2. The van der Waals surface area contributed by atoms with Crippen molar-refractivity contribution < 1.29 is 23.9 Å². The molecule has 2 rings (SSSR count). The summed E-state index contributed by atoms with van der Waals surface area (Å²) in [5, 5.41) is 6.47. The maximum absolute atomic E-state index is 12.9. The van der Waals surface area contributed by atoms with Gasteiger partial charge in [0.2, 0.25) is 0 Å². The summed E-state index contributed by atoms with van der Waals surface area (Å²) in [7, 11) is 0. The molecule has 1 N–H and O–H groups in total. The third-order valence-electron chi connectivity index (χ3n) is 4.39. The van der Waals surface area contributed by atoms with Crippen LogP contribution in [0.25, 0.3) is 0 Å². The Morgan fingerprint density at radius 3 is 2.62 bits per heavy atom. The number of ether oxygens (including phenoxy) is 2. The Hall–Kier alpha value is -1.89. The fourth-order valence-electron chi connectivity index (χ4n) is 3.31. The highest BCUT2D eigenvalue weighted by Crippen LogP contribution is 2.45. The second-order valence-corrected chi connectivity index (χ2v) is 8.24. The van der Waals surface area contributed by atoms with Crippen molar-refractivity contribution in [1.82, 2.24) is 5.32 Å². The lowest BCUT2D eigenvalue weighted by atomic mass is 9.66. The summed E-state index contributed by atoms with van der Waals surface area (Å²) in [4.78, 5) is 38.3. The minimum Gasteiger partial charge on any atom is -0.465 e. The molecule has 1 aromatic heterocycles. The molecule has 0 spiro atoms. The monoisotopic (exact) mass is 381 g/mol. The number of hydrogen-bond donors (Lipinski definition) is 1. The number of thiophene rings is 1. The van der Waals surface area contributed by atoms with Crippen LogP contribution in [0, 0.1) is 5.41 Å². The smallest absolute Gasteiger partial charge is 0.408 e. The van der Waals surface area contributed by atoms with Crippen molar-refractivity contribution in [2.24, 2.45) is 5.41 Å². The van der Waals surface area contributed by atoms with Gasteiger partial charge in [0.1, 0.15) is 5.60 Å². The summed E-state index contributed by atoms with van der Waals surface area (Å²) in [5.74, 6) is -0.758. The number of nitrogens with one attached hydrogen (secondary N) is 1. The Kier molecular flexibility index (Phi) is 6.44. The molecule has 0 unspecified atom stereocenters. The van der Waals surface area contributed by atoms with Crippen LogP contribution in [0.2, 0.25) is 0 Å². The predicted octanol–water partition coefficient (Wildman–Crippen LogP) is 4.01.